The molecular formula is C10H17N. The molecule has 1 fully saturated rings. The minimum Gasteiger partial charge on any atom is -0.402 e. The Morgan fingerprint density at radius 2 is 2.27 bits per heavy atom. The molecule has 1 aliphatic rings. The average Bonchev–Trinajstić information content (AvgIpc) is 1.93. The van der Waals surface area contributed by atoms with E-state index in [1.165, 1.54) is 19.3 Å². The molecule has 0 aromatic heterocycles. The number of nitrogens with two attached hydrogens (primary N) is 1. The lowest BCUT2D eigenvalue weighted by Gasteiger charge is -2.22. The molecule has 0 aromatic rings. The summed E-state index contributed by atoms with van der Waals surface area (Å²) in [4.78, 5) is 0. The van der Waals surface area contributed by atoms with Crippen LogP contribution < -0.4 is 5.73 Å². The minimum atomic E-state index is 0.792. The van der Waals surface area contributed by atoms with Crippen LogP contribution in [0.2, 0.25) is 0 Å². The largest absolute Gasteiger partial charge is 0.402 e. The molecule has 1 rings (SSSR count). The maximum Gasteiger partial charge on any atom is 0.00810 e. The lowest BCUT2D eigenvalue weighted by molar-refractivity contribution is 0.385. The molecule has 0 heterocycles. The zero-order valence-corrected chi connectivity index (χ0v) is 7.22. The van der Waals surface area contributed by atoms with Gasteiger partial charge >= 0.3 is 0 Å². The Kier molecular flexibility index (Phi) is 3.21. The molecule has 0 atom stereocenters. The molecule has 0 aliphatic heterocycles. The van der Waals surface area contributed by atoms with Crippen LogP contribution in [0.1, 0.15) is 32.6 Å². The van der Waals surface area contributed by atoms with E-state index in [1.54, 1.807) is 0 Å². The number of rotatable bonds is 3. The highest BCUT2D eigenvalue weighted by atomic mass is 14.6. The van der Waals surface area contributed by atoms with Crippen LogP contribution in [0.5, 0.6) is 0 Å². The van der Waals surface area contributed by atoms with E-state index in [-0.39, 0.29) is 0 Å². The van der Waals surface area contributed by atoms with Crippen molar-refractivity contribution in [3.63, 3.8) is 0 Å². The van der Waals surface area contributed by atoms with E-state index < -0.39 is 0 Å². The van der Waals surface area contributed by atoms with Gasteiger partial charge in [-0.15, -0.1) is 0 Å². The number of hydrogen-bond acceptors (Lipinski definition) is 1. The molecule has 0 bridgehead atoms. The molecule has 2 N–H and O–H groups in total. The first-order valence-corrected chi connectivity index (χ1v) is 4.40. The molecule has 0 saturated heterocycles. The Labute approximate surface area is 69.0 Å². The highest BCUT2D eigenvalue weighted by molar-refractivity contribution is 5.06. The van der Waals surface area contributed by atoms with Crippen LogP contribution in [-0.2, 0) is 0 Å². The van der Waals surface area contributed by atoms with Gasteiger partial charge in [0.05, 0.1) is 0 Å². The lowest BCUT2D eigenvalue weighted by atomic mass is 9.85. The van der Waals surface area contributed by atoms with E-state index in [0.29, 0.717) is 0 Å². The molecule has 0 unspecified atom stereocenters. The van der Waals surface area contributed by atoms with E-state index in [1.807, 2.05) is 13.0 Å². The van der Waals surface area contributed by atoms with E-state index in [2.05, 4.69) is 12.2 Å². The van der Waals surface area contributed by atoms with E-state index in [9.17, 15) is 0 Å². The third kappa shape index (κ3) is 2.79. The van der Waals surface area contributed by atoms with Gasteiger partial charge in [-0.25, -0.2) is 0 Å². The lowest BCUT2D eigenvalue weighted by Crippen LogP contribution is -2.10. The van der Waals surface area contributed by atoms with Gasteiger partial charge in [-0.1, -0.05) is 24.6 Å². The van der Waals surface area contributed by atoms with E-state index in [4.69, 9.17) is 5.73 Å². The van der Waals surface area contributed by atoms with Gasteiger partial charge in [-0.2, -0.15) is 0 Å². The highest BCUT2D eigenvalue weighted by Gasteiger charge is 2.14. The number of hydrogen-bond donors (Lipinski definition) is 1. The number of allylic oxidation sites excluding steroid dienone is 3. The monoisotopic (exact) mass is 151 g/mol. The van der Waals surface area contributed by atoms with E-state index in [0.717, 1.165) is 18.0 Å². The van der Waals surface area contributed by atoms with Crippen molar-refractivity contribution in [2.24, 2.45) is 11.7 Å². The van der Waals surface area contributed by atoms with Gasteiger partial charge in [0.15, 0.2) is 0 Å². The van der Waals surface area contributed by atoms with Crippen molar-refractivity contribution >= 4 is 0 Å². The molecule has 0 radical (unpaired) electrons. The summed E-state index contributed by atoms with van der Waals surface area (Å²) in [5.41, 5.74) is 6.82. The molecule has 1 saturated carbocycles. The van der Waals surface area contributed by atoms with Gasteiger partial charge in [-0.05, 0) is 25.7 Å². The fourth-order valence-corrected chi connectivity index (χ4v) is 1.23. The second-order valence-electron chi connectivity index (χ2n) is 3.21. The second-order valence-corrected chi connectivity index (χ2v) is 3.21. The molecule has 0 aromatic carbocycles. The first-order valence-electron chi connectivity index (χ1n) is 4.40. The standard InChI is InChI=1S/C10H17N/c1-2-3-7-10(11)8-9-5-4-6-9/h2-3,8-9H,4-7,11H2,1H3/b3-2-,10-8+. The van der Waals surface area contributed by atoms with Crippen molar-refractivity contribution in [1.82, 2.24) is 0 Å². The van der Waals surface area contributed by atoms with Crippen LogP contribution >= 0.6 is 0 Å². The Hall–Kier alpha value is -0.720. The van der Waals surface area contributed by atoms with Crippen molar-refractivity contribution in [2.45, 2.75) is 32.6 Å². The third-order valence-corrected chi connectivity index (χ3v) is 2.19. The summed E-state index contributed by atoms with van der Waals surface area (Å²) in [7, 11) is 0. The van der Waals surface area contributed by atoms with Crippen LogP contribution in [0, 0.1) is 5.92 Å². The summed E-state index contributed by atoms with van der Waals surface area (Å²) in [6.45, 7) is 2.02. The van der Waals surface area contributed by atoms with Gasteiger partial charge in [0.2, 0.25) is 0 Å². The minimum absolute atomic E-state index is 0.792. The normalized spacial score (nSPS) is 20.6. The summed E-state index contributed by atoms with van der Waals surface area (Å²) in [6, 6.07) is 0. The predicted molar refractivity (Wildman–Crippen MR) is 49.0 cm³/mol. The van der Waals surface area contributed by atoms with Crippen LogP contribution in [0.25, 0.3) is 0 Å². The van der Waals surface area contributed by atoms with Gasteiger partial charge in [0, 0.05) is 12.1 Å². The Morgan fingerprint density at radius 3 is 2.73 bits per heavy atom. The first-order chi connectivity index (χ1) is 5.33. The Morgan fingerprint density at radius 1 is 1.55 bits per heavy atom. The molecule has 1 aliphatic carbocycles. The molecule has 0 amide bonds. The van der Waals surface area contributed by atoms with Crippen molar-refractivity contribution < 1.29 is 0 Å². The summed E-state index contributed by atoms with van der Waals surface area (Å²) < 4.78 is 0. The van der Waals surface area contributed by atoms with Crippen LogP contribution in [0.15, 0.2) is 23.9 Å². The van der Waals surface area contributed by atoms with Crippen LogP contribution in [-0.4, -0.2) is 0 Å². The van der Waals surface area contributed by atoms with Gasteiger partial charge < -0.3 is 5.73 Å². The first kappa shape index (κ1) is 8.38. The molecule has 0 spiro atoms. The Balaban J connectivity index is 2.25. The predicted octanol–water partition coefficient (Wildman–Crippen LogP) is 2.60. The van der Waals surface area contributed by atoms with Gasteiger partial charge in [0.25, 0.3) is 0 Å². The summed E-state index contributed by atoms with van der Waals surface area (Å²) in [5.74, 6) is 0.792. The molecular weight excluding hydrogens is 134 g/mol. The van der Waals surface area contributed by atoms with Crippen molar-refractivity contribution in [1.29, 1.82) is 0 Å². The topological polar surface area (TPSA) is 26.0 Å². The van der Waals surface area contributed by atoms with Gasteiger partial charge in [0.1, 0.15) is 0 Å². The Bertz CT molecular complexity index is 164. The molecule has 62 valence electrons. The van der Waals surface area contributed by atoms with Crippen LogP contribution in [0.3, 0.4) is 0 Å². The van der Waals surface area contributed by atoms with Crippen molar-refractivity contribution in [3.05, 3.63) is 23.9 Å². The fourth-order valence-electron chi connectivity index (χ4n) is 1.23. The van der Waals surface area contributed by atoms with Gasteiger partial charge in [-0.3, -0.25) is 0 Å². The quantitative estimate of drug-likeness (QED) is 0.616. The fraction of sp³-hybridized carbons (Fsp3) is 0.600. The smallest absolute Gasteiger partial charge is 0.00810 e. The van der Waals surface area contributed by atoms with Crippen molar-refractivity contribution in [2.75, 3.05) is 0 Å². The average molecular weight is 151 g/mol. The summed E-state index contributed by atoms with van der Waals surface area (Å²) in [5, 5.41) is 0. The molecule has 1 heteroatoms. The second kappa shape index (κ2) is 4.22. The third-order valence-electron chi connectivity index (χ3n) is 2.19. The van der Waals surface area contributed by atoms with E-state index >= 15 is 0 Å². The maximum absolute atomic E-state index is 5.78. The summed E-state index contributed by atoms with van der Waals surface area (Å²) >= 11 is 0. The van der Waals surface area contributed by atoms with Crippen LogP contribution in [0.4, 0.5) is 0 Å². The SMILES string of the molecule is C/C=C\C/C(N)=C\C1CCC1. The van der Waals surface area contributed by atoms with Crippen molar-refractivity contribution in [3.8, 4) is 0 Å². The maximum atomic E-state index is 5.78. The zero-order chi connectivity index (χ0) is 8.10. The summed E-state index contributed by atoms with van der Waals surface area (Å²) in [6.07, 6.45) is 11.4. The zero-order valence-electron chi connectivity index (χ0n) is 7.22. The molecule has 1 nitrogen and oxygen atoms in total. The molecule has 11 heavy (non-hydrogen) atoms. The highest BCUT2D eigenvalue weighted by Crippen LogP contribution is 2.28.